The van der Waals surface area contributed by atoms with Gasteiger partial charge in [-0.2, -0.15) is 0 Å². The first-order valence-electron chi connectivity index (χ1n) is 11.7. The van der Waals surface area contributed by atoms with Crippen LogP contribution in [0.3, 0.4) is 0 Å². The van der Waals surface area contributed by atoms with Crippen molar-refractivity contribution >= 4 is 34.1 Å². The SMILES string of the molecule is CCN1CCN([C@H](c2cccs2)[C@H](C)NC(=O)C(=O)NCCc2c[nH]c3ccccc23)CC1. The van der Waals surface area contributed by atoms with E-state index in [9.17, 15) is 9.59 Å². The van der Waals surface area contributed by atoms with Gasteiger partial charge in [-0.15, -0.1) is 11.3 Å². The van der Waals surface area contributed by atoms with Crippen LogP contribution in [0, 0.1) is 0 Å². The summed E-state index contributed by atoms with van der Waals surface area (Å²) in [6, 6.07) is 12.1. The predicted molar refractivity (Wildman–Crippen MR) is 133 cm³/mol. The molecule has 8 heteroatoms. The van der Waals surface area contributed by atoms with Gasteiger partial charge in [-0.05, 0) is 43.0 Å². The van der Waals surface area contributed by atoms with Crippen LogP contribution < -0.4 is 10.6 Å². The predicted octanol–water partition coefficient (Wildman–Crippen LogP) is 2.77. The molecule has 2 aromatic heterocycles. The summed E-state index contributed by atoms with van der Waals surface area (Å²) in [4.78, 5) is 34.5. The number of likely N-dealkylation sites (N-methyl/N-ethyl adjacent to an activating group) is 1. The van der Waals surface area contributed by atoms with E-state index in [2.05, 4.69) is 49.9 Å². The molecule has 1 aliphatic rings. The van der Waals surface area contributed by atoms with Crippen LogP contribution in [0.1, 0.15) is 30.3 Å². The van der Waals surface area contributed by atoms with Gasteiger partial charge >= 0.3 is 11.8 Å². The van der Waals surface area contributed by atoms with Crippen LogP contribution in [0.5, 0.6) is 0 Å². The molecule has 4 rings (SSSR count). The highest BCUT2D eigenvalue weighted by atomic mass is 32.1. The molecule has 0 aliphatic carbocycles. The molecule has 0 saturated carbocycles. The number of hydrogen-bond acceptors (Lipinski definition) is 5. The Morgan fingerprint density at radius 1 is 1.09 bits per heavy atom. The van der Waals surface area contributed by atoms with E-state index in [-0.39, 0.29) is 12.1 Å². The molecule has 3 N–H and O–H groups in total. The number of fused-ring (bicyclic) bond motifs is 1. The number of piperazine rings is 1. The molecular weight excluding hydrogens is 434 g/mol. The van der Waals surface area contributed by atoms with Gasteiger partial charge in [0.25, 0.3) is 0 Å². The molecule has 2 amide bonds. The lowest BCUT2D eigenvalue weighted by atomic mass is 10.0. The second-order valence-corrected chi connectivity index (χ2v) is 9.54. The van der Waals surface area contributed by atoms with Crippen LogP contribution in [0.25, 0.3) is 10.9 Å². The van der Waals surface area contributed by atoms with Crippen LogP contribution in [-0.2, 0) is 16.0 Å². The zero-order chi connectivity index (χ0) is 23.2. The first kappa shape index (κ1) is 23.5. The lowest BCUT2D eigenvalue weighted by molar-refractivity contribution is -0.139. The zero-order valence-electron chi connectivity index (χ0n) is 19.3. The molecule has 176 valence electrons. The van der Waals surface area contributed by atoms with Crippen molar-refractivity contribution in [2.45, 2.75) is 32.4 Å². The molecule has 2 atom stereocenters. The Morgan fingerprint density at radius 3 is 2.61 bits per heavy atom. The second kappa shape index (κ2) is 11.0. The zero-order valence-corrected chi connectivity index (χ0v) is 20.2. The molecule has 1 aliphatic heterocycles. The Kier molecular flexibility index (Phi) is 7.80. The molecule has 3 aromatic rings. The van der Waals surface area contributed by atoms with Gasteiger partial charge in [0, 0.05) is 60.7 Å². The number of carbonyl (C=O) groups excluding carboxylic acids is 2. The fourth-order valence-corrected chi connectivity index (χ4v) is 5.60. The lowest BCUT2D eigenvalue weighted by Gasteiger charge is -2.41. The van der Waals surface area contributed by atoms with Gasteiger partial charge in [-0.1, -0.05) is 31.2 Å². The minimum atomic E-state index is -0.581. The summed E-state index contributed by atoms with van der Waals surface area (Å²) in [6.45, 7) is 9.60. The van der Waals surface area contributed by atoms with E-state index < -0.39 is 11.8 Å². The van der Waals surface area contributed by atoms with Crippen molar-refractivity contribution in [3.05, 3.63) is 58.4 Å². The number of benzene rings is 1. The molecular formula is C25H33N5O2S. The van der Waals surface area contributed by atoms with E-state index in [1.807, 2.05) is 37.4 Å². The summed E-state index contributed by atoms with van der Waals surface area (Å²) in [6.07, 6.45) is 2.63. The van der Waals surface area contributed by atoms with Crippen LogP contribution in [0.2, 0.25) is 0 Å². The first-order chi connectivity index (χ1) is 16.1. The molecule has 33 heavy (non-hydrogen) atoms. The second-order valence-electron chi connectivity index (χ2n) is 8.56. The van der Waals surface area contributed by atoms with Crippen LogP contribution in [0.4, 0.5) is 0 Å². The maximum atomic E-state index is 12.7. The Hall–Kier alpha value is -2.68. The van der Waals surface area contributed by atoms with E-state index in [0.717, 1.165) is 49.2 Å². The summed E-state index contributed by atoms with van der Waals surface area (Å²) in [7, 11) is 0. The van der Waals surface area contributed by atoms with Crippen LogP contribution >= 0.6 is 11.3 Å². The molecule has 1 saturated heterocycles. The van der Waals surface area contributed by atoms with Gasteiger partial charge in [0.05, 0.1) is 6.04 Å². The third kappa shape index (κ3) is 5.63. The highest BCUT2D eigenvalue weighted by Gasteiger charge is 2.31. The highest BCUT2D eigenvalue weighted by Crippen LogP contribution is 2.29. The van der Waals surface area contributed by atoms with Crippen LogP contribution in [0.15, 0.2) is 48.0 Å². The maximum Gasteiger partial charge on any atom is 0.309 e. The first-order valence-corrected chi connectivity index (χ1v) is 12.6. The largest absolute Gasteiger partial charge is 0.361 e. The van der Waals surface area contributed by atoms with E-state index in [0.29, 0.717) is 13.0 Å². The van der Waals surface area contributed by atoms with Crippen molar-refractivity contribution in [2.75, 3.05) is 39.3 Å². The molecule has 0 bridgehead atoms. The van der Waals surface area contributed by atoms with E-state index in [4.69, 9.17) is 0 Å². The van der Waals surface area contributed by atoms with Gasteiger partial charge in [-0.3, -0.25) is 14.5 Å². The average molecular weight is 468 g/mol. The third-order valence-corrected chi connectivity index (χ3v) is 7.42. The Morgan fingerprint density at radius 2 is 1.88 bits per heavy atom. The highest BCUT2D eigenvalue weighted by molar-refractivity contribution is 7.10. The standard InChI is InChI=1S/C25H33N5O2S/c1-3-29-12-14-30(15-13-29)23(22-9-6-16-33-22)18(2)28-25(32)24(31)26-11-10-19-17-27-21-8-5-4-7-20(19)21/h4-9,16-18,23,27H,3,10-15H2,1-2H3,(H,26,31)(H,28,32)/t18-,23-/m0/s1. The molecule has 0 unspecified atom stereocenters. The number of thiophene rings is 1. The lowest BCUT2D eigenvalue weighted by Crippen LogP contribution is -2.53. The summed E-state index contributed by atoms with van der Waals surface area (Å²) in [5.41, 5.74) is 2.20. The van der Waals surface area contributed by atoms with Crippen molar-refractivity contribution < 1.29 is 9.59 Å². The van der Waals surface area contributed by atoms with Crippen molar-refractivity contribution in [3.63, 3.8) is 0 Å². The topological polar surface area (TPSA) is 80.5 Å². The van der Waals surface area contributed by atoms with Gasteiger partial charge in [0.1, 0.15) is 0 Å². The Balaban J connectivity index is 1.32. The molecule has 0 radical (unpaired) electrons. The maximum absolute atomic E-state index is 12.7. The number of rotatable bonds is 8. The summed E-state index contributed by atoms with van der Waals surface area (Å²) < 4.78 is 0. The molecule has 7 nitrogen and oxygen atoms in total. The number of nitrogens with one attached hydrogen (secondary N) is 3. The summed E-state index contributed by atoms with van der Waals surface area (Å²) >= 11 is 1.70. The number of amides is 2. The summed E-state index contributed by atoms with van der Waals surface area (Å²) in [5.74, 6) is -1.15. The molecule has 1 aromatic carbocycles. The van der Waals surface area contributed by atoms with Gasteiger partial charge in [0.2, 0.25) is 0 Å². The number of carbonyl (C=O) groups is 2. The van der Waals surface area contributed by atoms with Crippen LogP contribution in [-0.4, -0.2) is 71.9 Å². The quantitative estimate of drug-likeness (QED) is 0.445. The van der Waals surface area contributed by atoms with Crippen molar-refractivity contribution in [3.8, 4) is 0 Å². The molecule has 1 fully saturated rings. The fourth-order valence-electron chi connectivity index (χ4n) is 4.64. The number of nitrogens with zero attached hydrogens (tertiary/aromatic N) is 2. The smallest absolute Gasteiger partial charge is 0.309 e. The fraction of sp³-hybridized carbons (Fsp3) is 0.440. The van der Waals surface area contributed by atoms with Gasteiger partial charge in [0.15, 0.2) is 0 Å². The minimum Gasteiger partial charge on any atom is -0.361 e. The minimum absolute atomic E-state index is 0.0620. The molecule has 3 heterocycles. The Bertz CT molecular complexity index is 1060. The van der Waals surface area contributed by atoms with Gasteiger partial charge < -0.3 is 20.5 Å². The number of para-hydroxylation sites is 1. The normalized spacial score (nSPS) is 17.0. The third-order valence-electron chi connectivity index (χ3n) is 6.48. The Labute approximate surface area is 199 Å². The average Bonchev–Trinajstić information content (AvgIpc) is 3.50. The van der Waals surface area contributed by atoms with Crippen molar-refractivity contribution in [1.29, 1.82) is 0 Å². The monoisotopic (exact) mass is 467 g/mol. The number of H-pyrrole nitrogens is 1. The van der Waals surface area contributed by atoms with Gasteiger partial charge in [-0.25, -0.2) is 0 Å². The van der Waals surface area contributed by atoms with Crippen molar-refractivity contribution in [1.82, 2.24) is 25.4 Å². The number of aromatic amines is 1. The van der Waals surface area contributed by atoms with Crippen molar-refractivity contribution in [2.24, 2.45) is 0 Å². The van der Waals surface area contributed by atoms with E-state index >= 15 is 0 Å². The van der Waals surface area contributed by atoms with E-state index in [1.54, 1.807) is 11.3 Å². The summed E-state index contributed by atoms with van der Waals surface area (Å²) in [5, 5.41) is 8.94. The molecule has 0 spiro atoms. The number of hydrogen-bond donors (Lipinski definition) is 3. The number of aromatic nitrogens is 1. The van der Waals surface area contributed by atoms with E-state index in [1.165, 1.54) is 4.88 Å².